The van der Waals surface area contributed by atoms with Crippen molar-refractivity contribution in [2.24, 2.45) is 0 Å². The Morgan fingerprint density at radius 3 is 2.62 bits per heavy atom. The number of benzene rings is 2. The predicted molar refractivity (Wildman–Crippen MR) is 116 cm³/mol. The molecule has 10 heteroatoms. The number of anilines is 1. The molecule has 1 amide bonds. The maximum Gasteiger partial charge on any atom is 0.416 e. The Kier molecular flexibility index (Phi) is 4.77. The van der Waals surface area contributed by atoms with Crippen molar-refractivity contribution < 1.29 is 18.0 Å². The van der Waals surface area contributed by atoms with Crippen LogP contribution in [-0.2, 0) is 12.7 Å². The zero-order valence-corrected chi connectivity index (χ0v) is 18.3. The van der Waals surface area contributed by atoms with Crippen molar-refractivity contribution in [2.45, 2.75) is 19.6 Å². The van der Waals surface area contributed by atoms with E-state index in [1.54, 1.807) is 15.8 Å². The Labute approximate surface area is 188 Å². The maximum absolute atomic E-state index is 13.0. The lowest BCUT2D eigenvalue weighted by atomic mass is 10.1. The fourth-order valence-corrected chi connectivity index (χ4v) is 4.31. The van der Waals surface area contributed by atoms with Crippen LogP contribution in [0.25, 0.3) is 22.3 Å². The topological polar surface area (TPSA) is 63.9 Å². The van der Waals surface area contributed by atoms with Crippen LogP contribution in [-0.4, -0.2) is 32.2 Å². The summed E-state index contributed by atoms with van der Waals surface area (Å²) >= 11 is 3.38. The minimum Gasteiger partial charge on any atom is -0.305 e. The molecule has 0 fully saturated rings. The van der Waals surface area contributed by atoms with E-state index >= 15 is 0 Å². The molecule has 0 N–H and O–H groups in total. The van der Waals surface area contributed by atoms with Crippen LogP contribution in [0.15, 0.2) is 53.3 Å². The van der Waals surface area contributed by atoms with Gasteiger partial charge >= 0.3 is 6.18 Å². The fraction of sp³-hybridized carbons (Fsp3) is 0.182. The summed E-state index contributed by atoms with van der Waals surface area (Å²) in [5.41, 5.74) is 2.54. The van der Waals surface area contributed by atoms with Gasteiger partial charge < -0.3 is 4.90 Å². The van der Waals surface area contributed by atoms with Gasteiger partial charge in [0, 0.05) is 29.4 Å². The maximum atomic E-state index is 13.0. The average molecular weight is 502 g/mol. The number of halogens is 4. The Hall–Kier alpha value is -3.27. The van der Waals surface area contributed by atoms with Gasteiger partial charge in [0.15, 0.2) is 5.82 Å². The molecule has 3 heterocycles. The molecule has 162 valence electrons. The summed E-state index contributed by atoms with van der Waals surface area (Å²) in [4.78, 5) is 23.4. The summed E-state index contributed by atoms with van der Waals surface area (Å²) in [6.45, 7) is 2.97. The van der Waals surface area contributed by atoms with Gasteiger partial charge in [0.1, 0.15) is 5.69 Å². The largest absolute Gasteiger partial charge is 0.416 e. The van der Waals surface area contributed by atoms with Gasteiger partial charge in [-0.05, 0) is 64.8 Å². The lowest BCUT2D eigenvalue weighted by molar-refractivity contribution is -0.137. The highest BCUT2D eigenvalue weighted by molar-refractivity contribution is 9.10. The van der Waals surface area contributed by atoms with Crippen LogP contribution in [0.1, 0.15) is 21.6 Å². The third-order valence-corrected chi connectivity index (χ3v) is 6.01. The first-order chi connectivity index (χ1) is 15.2. The Morgan fingerprint density at radius 1 is 1.06 bits per heavy atom. The van der Waals surface area contributed by atoms with Crippen molar-refractivity contribution in [3.63, 3.8) is 0 Å². The van der Waals surface area contributed by atoms with Crippen LogP contribution >= 0.6 is 15.9 Å². The smallest absolute Gasteiger partial charge is 0.305 e. The number of carbonyl (C=O) groups is 1. The first kappa shape index (κ1) is 20.6. The van der Waals surface area contributed by atoms with E-state index in [1.165, 1.54) is 12.3 Å². The molecule has 1 aliphatic rings. The van der Waals surface area contributed by atoms with Crippen molar-refractivity contribution in [1.29, 1.82) is 0 Å². The molecular weight excluding hydrogens is 487 g/mol. The van der Waals surface area contributed by atoms with Crippen LogP contribution in [0.5, 0.6) is 0 Å². The number of aryl methyl sites for hydroxylation is 1. The number of hydrogen-bond acceptors (Lipinski definition) is 4. The minimum atomic E-state index is -4.42. The van der Waals surface area contributed by atoms with Crippen LogP contribution in [0.2, 0.25) is 0 Å². The van der Waals surface area contributed by atoms with Gasteiger partial charge in [0.05, 0.1) is 28.3 Å². The third-order valence-electron chi connectivity index (χ3n) is 5.43. The molecule has 0 radical (unpaired) electrons. The van der Waals surface area contributed by atoms with Gasteiger partial charge in [-0.2, -0.15) is 18.3 Å². The molecule has 1 aliphatic heterocycles. The van der Waals surface area contributed by atoms with E-state index in [4.69, 9.17) is 0 Å². The predicted octanol–water partition coefficient (Wildman–Crippen LogP) is 5.24. The van der Waals surface area contributed by atoms with Crippen LogP contribution in [0.3, 0.4) is 0 Å². The second kappa shape index (κ2) is 7.40. The van der Waals surface area contributed by atoms with Crippen molar-refractivity contribution >= 4 is 38.4 Å². The molecule has 0 saturated carbocycles. The molecule has 6 nitrogen and oxygen atoms in total. The van der Waals surface area contributed by atoms with E-state index in [2.05, 4.69) is 31.0 Å². The number of alkyl halides is 3. The molecule has 5 rings (SSSR count). The highest BCUT2D eigenvalue weighted by Crippen LogP contribution is 2.33. The lowest BCUT2D eigenvalue weighted by Gasteiger charge is -2.29. The van der Waals surface area contributed by atoms with Gasteiger partial charge in [0.25, 0.3) is 5.91 Å². The zero-order valence-electron chi connectivity index (χ0n) is 16.7. The van der Waals surface area contributed by atoms with E-state index in [0.29, 0.717) is 45.5 Å². The molecular formula is C22H15BrF3N5O. The van der Waals surface area contributed by atoms with E-state index in [-0.39, 0.29) is 5.91 Å². The highest BCUT2D eigenvalue weighted by atomic mass is 79.9. The molecule has 0 spiro atoms. The van der Waals surface area contributed by atoms with E-state index in [9.17, 15) is 18.0 Å². The molecule has 0 unspecified atom stereocenters. The SMILES string of the molecule is Cc1cc(-c2ncc3cc(C(F)(F)F)ccc3n2)ccc1N1CCn2ncc(Br)c2C1=O. The van der Waals surface area contributed by atoms with E-state index < -0.39 is 11.7 Å². The second-order valence-corrected chi connectivity index (χ2v) is 8.34. The average Bonchev–Trinajstić information content (AvgIpc) is 3.14. The van der Waals surface area contributed by atoms with E-state index in [1.807, 2.05) is 25.1 Å². The van der Waals surface area contributed by atoms with Crippen LogP contribution in [0, 0.1) is 6.92 Å². The molecule has 0 saturated heterocycles. The number of nitrogens with zero attached hydrogens (tertiary/aromatic N) is 5. The van der Waals surface area contributed by atoms with Gasteiger partial charge in [-0.25, -0.2) is 9.97 Å². The summed E-state index contributed by atoms with van der Waals surface area (Å²) in [7, 11) is 0. The molecule has 0 atom stereocenters. The van der Waals surface area contributed by atoms with Crippen molar-refractivity contribution in [3.05, 3.63) is 70.1 Å². The summed E-state index contributed by atoms with van der Waals surface area (Å²) in [5, 5.41) is 4.52. The Morgan fingerprint density at radius 2 is 1.88 bits per heavy atom. The Balaban J connectivity index is 1.47. The highest BCUT2D eigenvalue weighted by Gasteiger charge is 2.31. The Bertz CT molecular complexity index is 1380. The number of hydrogen-bond donors (Lipinski definition) is 0. The molecule has 0 aliphatic carbocycles. The quantitative estimate of drug-likeness (QED) is 0.376. The van der Waals surface area contributed by atoms with Crippen LogP contribution < -0.4 is 4.90 Å². The molecule has 4 aromatic rings. The summed E-state index contributed by atoms with van der Waals surface area (Å²) in [5.74, 6) is 0.261. The minimum absolute atomic E-state index is 0.140. The van der Waals surface area contributed by atoms with Crippen LogP contribution in [0.4, 0.5) is 18.9 Å². The summed E-state index contributed by atoms with van der Waals surface area (Å²) in [6, 6.07) is 8.91. The number of amides is 1. The summed E-state index contributed by atoms with van der Waals surface area (Å²) < 4.78 is 41.1. The van der Waals surface area contributed by atoms with E-state index in [0.717, 1.165) is 23.4 Å². The molecule has 32 heavy (non-hydrogen) atoms. The van der Waals surface area contributed by atoms with Gasteiger partial charge in [0.2, 0.25) is 0 Å². The molecule has 2 aromatic heterocycles. The number of fused-ring (bicyclic) bond motifs is 2. The zero-order chi connectivity index (χ0) is 22.6. The van der Waals surface area contributed by atoms with Crippen molar-refractivity contribution in [2.75, 3.05) is 11.4 Å². The second-order valence-electron chi connectivity index (χ2n) is 7.49. The van der Waals surface area contributed by atoms with Crippen molar-refractivity contribution in [3.8, 4) is 11.4 Å². The van der Waals surface area contributed by atoms with Gasteiger partial charge in [-0.15, -0.1) is 0 Å². The summed E-state index contributed by atoms with van der Waals surface area (Å²) in [6.07, 6.45) is -1.41. The van der Waals surface area contributed by atoms with Crippen molar-refractivity contribution in [1.82, 2.24) is 19.7 Å². The molecule has 2 aromatic carbocycles. The number of rotatable bonds is 2. The third kappa shape index (κ3) is 3.44. The van der Waals surface area contributed by atoms with Gasteiger partial charge in [-0.3, -0.25) is 9.48 Å². The number of carbonyl (C=O) groups excluding carboxylic acids is 1. The number of aromatic nitrogens is 4. The lowest BCUT2D eigenvalue weighted by Crippen LogP contribution is -2.41. The fourth-order valence-electron chi connectivity index (χ4n) is 3.84. The monoisotopic (exact) mass is 501 g/mol. The normalized spacial score (nSPS) is 14.2. The first-order valence-electron chi connectivity index (χ1n) is 9.70. The first-order valence-corrected chi connectivity index (χ1v) is 10.5. The standard InChI is InChI=1S/C22H15BrF3N5O/c1-12-8-13(20-27-10-14-9-15(22(24,25)26)3-4-17(14)29-20)2-5-18(12)30-6-7-31-19(21(30)32)16(23)11-28-31/h2-5,8-11H,6-7H2,1H3. The van der Waals surface area contributed by atoms with Gasteiger partial charge in [-0.1, -0.05) is 0 Å². The molecule has 0 bridgehead atoms.